The van der Waals surface area contributed by atoms with Gasteiger partial charge in [0.2, 0.25) is 0 Å². The van der Waals surface area contributed by atoms with Crippen LogP contribution in [0.5, 0.6) is 5.75 Å². The number of hydrogen-bond acceptors (Lipinski definition) is 4. The molecule has 4 nitrogen and oxygen atoms in total. The molecule has 0 bridgehead atoms. The smallest absolute Gasteiger partial charge is 0.344 e. The first-order chi connectivity index (χ1) is 9.63. The van der Waals surface area contributed by atoms with E-state index in [0.29, 0.717) is 17.9 Å². The molecule has 0 saturated carbocycles. The molecule has 106 valence electrons. The zero-order valence-electron chi connectivity index (χ0n) is 11.6. The fourth-order valence-electron chi connectivity index (χ4n) is 2.08. The number of fused-ring (bicyclic) bond motifs is 1. The molecule has 0 aliphatic rings. The van der Waals surface area contributed by atoms with E-state index in [1.165, 1.54) is 0 Å². The van der Waals surface area contributed by atoms with Crippen LogP contribution in [0.25, 0.3) is 10.8 Å². The minimum atomic E-state index is -0.670. The molecule has 2 aromatic carbocycles. The molecule has 0 amide bonds. The van der Waals surface area contributed by atoms with E-state index in [0.717, 1.165) is 10.8 Å². The second kappa shape index (κ2) is 6.39. The van der Waals surface area contributed by atoms with Crippen LogP contribution in [0.4, 0.5) is 0 Å². The fourth-order valence-corrected chi connectivity index (χ4v) is 2.08. The molecule has 0 heterocycles. The van der Waals surface area contributed by atoms with Gasteiger partial charge in [-0.25, -0.2) is 4.79 Å². The Balaban J connectivity index is 2.37. The van der Waals surface area contributed by atoms with E-state index < -0.39 is 12.1 Å². The number of aliphatic hydroxyl groups excluding tert-OH is 1. The van der Waals surface area contributed by atoms with Crippen molar-refractivity contribution in [3.8, 4) is 5.75 Å². The van der Waals surface area contributed by atoms with Gasteiger partial charge in [-0.15, -0.1) is 0 Å². The summed E-state index contributed by atoms with van der Waals surface area (Å²) in [5.41, 5.74) is 0.660. The fraction of sp³-hybridized carbons (Fsp3) is 0.312. The highest BCUT2D eigenvalue weighted by molar-refractivity contribution is 5.90. The van der Waals surface area contributed by atoms with Gasteiger partial charge in [-0.3, -0.25) is 0 Å². The van der Waals surface area contributed by atoms with Crippen LogP contribution >= 0.6 is 0 Å². The molecule has 20 heavy (non-hydrogen) atoms. The lowest BCUT2D eigenvalue weighted by Crippen LogP contribution is -2.15. The quantitative estimate of drug-likeness (QED) is 0.852. The van der Waals surface area contributed by atoms with E-state index >= 15 is 0 Å². The van der Waals surface area contributed by atoms with Gasteiger partial charge >= 0.3 is 5.97 Å². The molecule has 0 saturated heterocycles. The highest BCUT2D eigenvalue weighted by Gasteiger charge is 2.14. The molecule has 0 aliphatic heterocycles. The summed E-state index contributed by atoms with van der Waals surface area (Å²) >= 11 is 0. The Morgan fingerprint density at radius 2 is 2.00 bits per heavy atom. The first-order valence-electron chi connectivity index (χ1n) is 6.61. The molecule has 0 aromatic heterocycles. The number of benzene rings is 2. The molecule has 2 rings (SSSR count). The van der Waals surface area contributed by atoms with Crippen LogP contribution in [0.2, 0.25) is 0 Å². The van der Waals surface area contributed by atoms with Crippen molar-refractivity contribution in [3.05, 3.63) is 42.0 Å². The van der Waals surface area contributed by atoms with Crippen molar-refractivity contribution in [1.29, 1.82) is 0 Å². The highest BCUT2D eigenvalue weighted by atomic mass is 16.6. The van der Waals surface area contributed by atoms with Crippen molar-refractivity contribution in [1.82, 2.24) is 0 Å². The third-order valence-electron chi connectivity index (χ3n) is 3.00. The third-order valence-corrected chi connectivity index (χ3v) is 3.00. The van der Waals surface area contributed by atoms with Gasteiger partial charge in [-0.2, -0.15) is 0 Å². The van der Waals surface area contributed by atoms with Crippen molar-refractivity contribution in [3.63, 3.8) is 0 Å². The maximum Gasteiger partial charge on any atom is 0.344 e. The zero-order valence-corrected chi connectivity index (χ0v) is 11.6. The van der Waals surface area contributed by atoms with Crippen LogP contribution < -0.4 is 4.74 Å². The molecule has 2 aromatic rings. The summed E-state index contributed by atoms with van der Waals surface area (Å²) in [6, 6.07) is 11.4. The summed E-state index contributed by atoms with van der Waals surface area (Å²) in [6.07, 6.45) is -0.670. The molecule has 0 aliphatic carbocycles. The zero-order chi connectivity index (χ0) is 14.5. The largest absolute Gasteiger partial charge is 0.481 e. The Morgan fingerprint density at radius 3 is 2.70 bits per heavy atom. The molecular weight excluding hydrogens is 256 g/mol. The molecule has 0 spiro atoms. The maximum atomic E-state index is 11.4. The van der Waals surface area contributed by atoms with E-state index in [-0.39, 0.29) is 6.61 Å². The number of ether oxygens (including phenoxy) is 2. The third kappa shape index (κ3) is 3.08. The number of esters is 1. The molecule has 0 fully saturated rings. The Hall–Kier alpha value is -2.07. The van der Waals surface area contributed by atoms with E-state index in [2.05, 4.69) is 0 Å². The first kappa shape index (κ1) is 14.3. The summed E-state index contributed by atoms with van der Waals surface area (Å²) in [5, 5.41) is 11.7. The van der Waals surface area contributed by atoms with Gasteiger partial charge in [-0.1, -0.05) is 36.4 Å². The summed E-state index contributed by atoms with van der Waals surface area (Å²) in [7, 11) is 0. The van der Waals surface area contributed by atoms with Gasteiger partial charge in [0.15, 0.2) is 6.61 Å². The van der Waals surface area contributed by atoms with E-state index in [1.807, 2.05) is 36.4 Å². The monoisotopic (exact) mass is 274 g/mol. The Bertz CT molecular complexity index is 604. The lowest BCUT2D eigenvalue weighted by molar-refractivity contribution is -0.145. The average Bonchev–Trinajstić information content (AvgIpc) is 2.44. The summed E-state index contributed by atoms with van der Waals surface area (Å²) in [6.45, 7) is 3.57. The van der Waals surface area contributed by atoms with Crippen LogP contribution in [0.1, 0.15) is 25.5 Å². The minimum absolute atomic E-state index is 0.165. The van der Waals surface area contributed by atoms with Gasteiger partial charge in [0.1, 0.15) is 5.75 Å². The Labute approximate surface area is 117 Å². The number of hydrogen-bond donors (Lipinski definition) is 1. The first-order valence-corrected chi connectivity index (χ1v) is 6.61. The van der Waals surface area contributed by atoms with Crippen molar-refractivity contribution in [2.24, 2.45) is 0 Å². The second-order valence-electron chi connectivity index (χ2n) is 4.47. The number of rotatable bonds is 5. The second-order valence-corrected chi connectivity index (χ2v) is 4.47. The molecule has 0 unspecified atom stereocenters. The van der Waals surface area contributed by atoms with Crippen LogP contribution in [-0.4, -0.2) is 24.3 Å². The summed E-state index contributed by atoms with van der Waals surface area (Å²) in [4.78, 5) is 11.4. The average molecular weight is 274 g/mol. The lowest BCUT2D eigenvalue weighted by atomic mass is 10.0. The predicted octanol–water partition coefficient (Wildman–Crippen LogP) is 2.84. The topological polar surface area (TPSA) is 55.8 Å². The standard InChI is InChI=1S/C16H18O4/c1-3-19-15(18)10-20-16-13(11(2)17)9-8-12-6-4-5-7-14(12)16/h4-9,11,17H,3,10H2,1-2H3/t11-/m1/s1. The van der Waals surface area contributed by atoms with Gasteiger partial charge in [0.25, 0.3) is 0 Å². The normalized spacial score (nSPS) is 12.2. The summed E-state index contributed by atoms with van der Waals surface area (Å²) in [5.74, 6) is 0.114. The Morgan fingerprint density at radius 1 is 1.25 bits per heavy atom. The van der Waals surface area contributed by atoms with Crippen LogP contribution in [0, 0.1) is 0 Å². The highest BCUT2D eigenvalue weighted by Crippen LogP contribution is 2.33. The van der Waals surface area contributed by atoms with E-state index in [4.69, 9.17) is 9.47 Å². The lowest BCUT2D eigenvalue weighted by Gasteiger charge is -2.15. The van der Waals surface area contributed by atoms with E-state index in [1.54, 1.807) is 13.8 Å². The summed E-state index contributed by atoms with van der Waals surface area (Å²) < 4.78 is 10.4. The van der Waals surface area contributed by atoms with Crippen molar-refractivity contribution >= 4 is 16.7 Å². The molecule has 1 N–H and O–H groups in total. The van der Waals surface area contributed by atoms with E-state index in [9.17, 15) is 9.90 Å². The van der Waals surface area contributed by atoms with Crippen molar-refractivity contribution in [2.45, 2.75) is 20.0 Å². The number of carbonyl (C=O) groups is 1. The SMILES string of the molecule is CCOC(=O)COc1c([C@@H](C)O)ccc2ccccc12. The van der Waals surface area contributed by atoms with Gasteiger partial charge in [0, 0.05) is 10.9 Å². The van der Waals surface area contributed by atoms with Crippen LogP contribution in [-0.2, 0) is 9.53 Å². The van der Waals surface area contributed by atoms with Crippen molar-refractivity contribution in [2.75, 3.05) is 13.2 Å². The van der Waals surface area contributed by atoms with Crippen LogP contribution in [0.3, 0.4) is 0 Å². The number of aliphatic hydroxyl groups is 1. The maximum absolute atomic E-state index is 11.4. The number of carbonyl (C=O) groups excluding carboxylic acids is 1. The molecule has 0 radical (unpaired) electrons. The molecule has 4 heteroatoms. The van der Waals surface area contributed by atoms with Crippen LogP contribution in [0.15, 0.2) is 36.4 Å². The van der Waals surface area contributed by atoms with Gasteiger partial charge in [-0.05, 0) is 19.2 Å². The minimum Gasteiger partial charge on any atom is -0.481 e. The van der Waals surface area contributed by atoms with Crippen molar-refractivity contribution < 1.29 is 19.4 Å². The molecular formula is C16H18O4. The molecule has 1 atom stereocenters. The predicted molar refractivity (Wildman–Crippen MR) is 76.7 cm³/mol. The van der Waals surface area contributed by atoms with Gasteiger partial charge in [0.05, 0.1) is 12.7 Å². The Kier molecular flexibility index (Phi) is 4.58. The van der Waals surface area contributed by atoms with Gasteiger partial charge < -0.3 is 14.6 Å².